The van der Waals surface area contributed by atoms with Gasteiger partial charge in [0.25, 0.3) is 0 Å². The summed E-state index contributed by atoms with van der Waals surface area (Å²) in [5, 5.41) is 9.15. The largest absolute Gasteiger partial charge is 0.394 e. The summed E-state index contributed by atoms with van der Waals surface area (Å²) in [6.45, 7) is 2.53. The molecule has 1 aliphatic heterocycles. The lowest BCUT2D eigenvalue weighted by molar-refractivity contribution is -0.163. The quantitative estimate of drug-likeness (QED) is 0.701. The Morgan fingerprint density at radius 1 is 1.29 bits per heavy atom. The summed E-state index contributed by atoms with van der Waals surface area (Å²) in [5.41, 5.74) is 0.142. The highest BCUT2D eigenvalue weighted by atomic mass is 16.5. The van der Waals surface area contributed by atoms with Crippen molar-refractivity contribution < 1.29 is 9.84 Å². The first kappa shape index (κ1) is 10.4. The molecule has 2 heteroatoms. The maximum Gasteiger partial charge on any atom is 0.0813 e. The molecule has 3 unspecified atom stereocenters. The monoisotopic (exact) mass is 198 g/mol. The van der Waals surface area contributed by atoms with E-state index < -0.39 is 0 Å². The lowest BCUT2D eigenvalue weighted by atomic mass is 9.74. The third-order valence-electron chi connectivity index (χ3n) is 3.83. The van der Waals surface area contributed by atoms with Gasteiger partial charge in [-0.3, -0.25) is 0 Å². The van der Waals surface area contributed by atoms with E-state index in [1.54, 1.807) is 0 Å². The van der Waals surface area contributed by atoms with E-state index >= 15 is 0 Å². The van der Waals surface area contributed by atoms with Gasteiger partial charge in [0, 0.05) is 0 Å². The number of rotatable bonds is 1. The van der Waals surface area contributed by atoms with Crippen LogP contribution >= 0.6 is 0 Å². The van der Waals surface area contributed by atoms with Gasteiger partial charge in [-0.15, -0.1) is 0 Å². The first-order chi connectivity index (χ1) is 6.74. The van der Waals surface area contributed by atoms with E-state index in [4.69, 9.17) is 9.84 Å². The van der Waals surface area contributed by atoms with Crippen molar-refractivity contribution in [2.45, 2.75) is 63.6 Å². The fourth-order valence-corrected chi connectivity index (χ4v) is 3.20. The van der Waals surface area contributed by atoms with E-state index in [1.807, 2.05) is 0 Å². The molecule has 1 saturated heterocycles. The molecule has 1 heterocycles. The Kier molecular flexibility index (Phi) is 3.13. The lowest BCUT2D eigenvalue weighted by Gasteiger charge is -2.45. The zero-order valence-electron chi connectivity index (χ0n) is 9.17. The highest BCUT2D eigenvalue weighted by Gasteiger charge is 2.39. The van der Waals surface area contributed by atoms with Crippen LogP contribution in [0.5, 0.6) is 0 Å². The van der Waals surface area contributed by atoms with Crippen molar-refractivity contribution in [2.24, 2.45) is 5.92 Å². The van der Waals surface area contributed by atoms with Crippen molar-refractivity contribution >= 4 is 0 Å². The number of aliphatic hydroxyl groups is 1. The molecule has 1 spiro atoms. The van der Waals surface area contributed by atoms with E-state index in [0.717, 1.165) is 12.3 Å². The molecule has 2 aliphatic rings. The minimum absolute atomic E-state index is 0.119. The second-order valence-electron chi connectivity index (χ2n) is 5.20. The van der Waals surface area contributed by atoms with Gasteiger partial charge in [0.05, 0.1) is 18.3 Å². The van der Waals surface area contributed by atoms with Crippen molar-refractivity contribution in [3.05, 3.63) is 0 Å². The standard InChI is InChI=1S/C12H22O2/c1-10-4-2-6-12(8-10)7-3-5-11(9-13)14-12/h10-11,13H,2-9H2,1H3. The zero-order valence-corrected chi connectivity index (χ0v) is 9.17. The normalized spacial score (nSPS) is 44.1. The number of hydrogen-bond acceptors (Lipinski definition) is 2. The first-order valence-corrected chi connectivity index (χ1v) is 6.03. The summed E-state index contributed by atoms with van der Waals surface area (Å²) in [6.07, 6.45) is 8.71. The predicted octanol–water partition coefficient (Wildman–Crippen LogP) is 2.50. The topological polar surface area (TPSA) is 29.5 Å². The molecule has 0 aromatic heterocycles. The predicted molar refractivity (Wildman–Crippen MR) is 56.2 cm³/mol. The van der Waals surface area contributed by atoms with Gasteiger partial charge >= 0.3 is 0 Å². The third kappa shape index (κ3) is 2.12. The van der Waals surface area contributed by atoms with Gasteiger partial charge in [0.15, 0.2) is 0 Å². The molecule has 82 valence electrons. The third-order valence-corrected chi connectivity index (χ3v) is 3.83. The first-order valence-electron chi connectivity index (χ1n) is 6.03. The molecule has 0 aromatic carbocycles. The van der Waals surface area contributed by atoms with Crippen molar-refractivity contribution in [1.82, 2.24) is 0 Å². The van der Waals surface area contributed by atoms with Crippen LogP contribution in [0.2, 0.25) is 0 Å². The van der Waals surface area contributed by atoms with Crippen molar-refractivity contribution in [3.63, 3.8) is 0 Å². The molecule has 2 fully saturated rings. The summed E-state index contributed by atoms with van der Waals surface area (Å²) in [4.78, 5) is 0. The second kappa shape index (κ2) is 4.19. The Labute approximate surface area is 86.6 Å². The number of aliphatic hydroxyl groups excluding tert-OH is 1. The van der Waals surface area contributed by atoms with Gasteiger partial charge in [-0.05, 0) is 38.0 Å². The summed E-state index contributed by atoms with van der Waals surface area (Å²) < 4.78 is 6.08. The maximum absolute atomic E-state index is 9.15. The average Bonchev–Trinajstić information content (AvgIpc) is 2.17. The smallest absolute Gasteiger partial charge is 0.0813 e. The molecular formula is C12H22O2. The lowest BCUT2D eigenvalue weighted by Crippen LogP contribution is -2.45. The molecule has 0 aromatic rings. The fraction of sp³-hybridized carbons (Fsp3) is 1.00. The maximum atomic E-state index is 9.15. The van der Waals surface area contributed by atoms with Crippen LogP contribution in [0.1, 0.15) is 51.9 Å². The summed E-state index contributed by atoms with van der Waals surface area (Å²) in [7, 11) is 0. The van der Waals surface area contributed by atoms with Crippen LogP contribution in [0.4, 0.5) is 0 Å². The van der Waals surface area contributed by atoms with Crippen LogP contribution in [0.25, 0.3) is 0 Å². The van der Waals surface area contributed by atoms with Crippen LogP contribution in [0.3, 0.4) is 0 Å². The van der Waals surface area contributed by atoms with E-state index in [0.29, 0.717) is 0 Å². The number of hydrogen-bond donors (Lipinski definition) is 1. The summed E-state index contributed by atoms with van der Waals surface area (Å²) >= 11 is 0. The molecule has 0 amide bonds. The highest BCUT2D eigenvalue weighted by Crippen LogP contribution is 2.42. The molecule has 0 radical (unpaired) electrons. The van der Waals surface area contributed by atoms with Crippen LogP contribution in [0, 0.1) is 5.92 Å². The summed E-state index contributed by atoms with van der Waals surface area (Å²) in [6, 6.07) is 0. The van der Waals surface area contributed by atoms with Crippen molar-refractivity contribution in [1.29, 1.82) is 0 Å². The summed E-state index contributed by atoms with van der Waals surface area (Å²) in [5.74, 6) is 0.807. The van der Waals surface area contributed by atoms with Crippen LogP contribution < -0.4 is 0 Å². The van der Waals surface area contributed by atoms with Crippen LogP contribution in [-0.4, -0.2) is 23.4 Å². The number of ether oxygens (including phenoxy) is 1. The average molecular weight is 198 g/mol. The van der Waals surface area contributed by atoms with E-state index in [2.05, 4.69) is 6.92 Å². The van der Waals surface area contributed by atoms with Gasteiger partial charge in [-0.2, -0.15) is 0 Å². The van der Waals surface area contributed by atoms with E-state index in [9.17, 15) is 0 Å². The Morgan fingerprint density at radius 3 is 2.64 bits per heavy atom. The van der Waals surface area contributed by atoms with Gasteiger partial charge in [0.2, 0.25) is 0 Å². The minimum atomic E-state index is 0.119. The van der Waals surface area contributed by atoms with Crippen molar-refractivity contribution in [3.8, 4) is 0 Å². The zero-order chi connectivity index (χ0) is 10.0. The fourth-order valence-electron chi connectivity index (χ4n) is 3.20. The second-order valence-corrected chi connectivity index (χ2v) is 5.20. The molecule has 3 atom stereocenters. The minimum Gasteiger partial charge on any atom is -0.394 e. The molecule has 2 rings (SSSR count). The van der Waals surface area contributed by atoms with Crippen LogP contribution in [-0.2, 0) is 4.74 Å². The molecular weight excluding hydrogens is 176 g/mol. The van der Waals surface area contributed by atoms with Crippen LogP contribution in [0.15, 0.2) is 0 Å². The Hall–Kier alpha value is -0.0800. The van der Waals surface area contributed by atoms with Crippen molar-refractivity contribution in [2.75, 3.05) is 6.61 Å². The van der Waals surface area contributed by atoms with E-state index in [-0.39, 0.29) is 18.3 Å². The molecule has 2 nitrogen and oxygen atoms in total. The molecule has 1 aliphatic carbocycles. The van der Waals surface area contributed by atoms with Gasteiger partial charge in [-0.1, -0.05) is 19.8 Å². The van der Waals surface area contributed by atoms with Gasteiger partial charge in [0.1, 0.15) is 0 Å². The SMILES string of the molecule is CC1CCCC2(CCCC(CO)O2)C1. The Balaban J connectivity index is 1.99. The van der Waals surface area contributed by atoms with Gasteiger partial charge in [-0.25, -0.2) is 0 Å². The Morgan fingerprint density at radius 2 is 2.00 bits per heavy atom. The molecule has 1 N–H and O–H groups in total. The van der Waals surface area contributed by atoms with Gasteiger partial charge < -0.3 is 9.84 Å². The highest BCUT2D eigenvalue weighted by molar-refractivity contribution is 4.90. The van der Waals surface area contributed by atoms with E-state index in [1.165, 1.54) is 38.5 Å². The molecule has 1 saturated carbocycles. The Bertz CT molecular complexity index is 189. The molecule has 0 bridgehead atoms. The molecule has 14 heavy (non-hydrogen) atoms.